The van der Waals surface area contributed by atoms with E-state index >= 15 is 0 Å². The first-order valence-corrected chi connectivity index (χ1v) is 13.4. The zero-order valence-electron chi connectivity index (χ0n) is 25.9. The highest BCUT2D eigenvalue weighted by molar-refractivity contribution is 5.83. The van der Waals surface area contributed by atoms with Crippen LogP contribution in [0.25, 0.3) is 0 Å². The van der Waals surface area contributed by atoms with Crippen molar-refractivity contribution in [3.05, 3.63) is 22.8 Å². The fraction of sp³-hybridized carbons (Fsp3) is 0.621. The maximum absolute atomic E-state index is 13.0. The molecule has 0 aromatic heterocycles. The minimum atomic E-state index is -1.67. The van der Waals surface area contributed by atoms with Crippen LogP contribution in [0.1, 0.15) is 61.3 Å². The number of hydrogen-bond donors (Lipinski definition) is 0. The number of rotatable bonds is 14. The average Bonchev–Trinajstić information content (AvgIpc) is 2.90. The molecule has 1 aliphatic rings. The zero-order valence-corrected chi connectivity index (χ0v) is 25.9. The number of allylic oxidation sites excluding steroid dienone is 3. The van der Waals surface area contributed by atoms with Crippen molar-refractivity contribution in [1.29, 1.82) is 0 Å². The zero-order chi connectivity index (χ0) is 33.0. The second kappa shape index (κ2) is 17.0. The van der Waals surface area contributed by atoms with Gasteiger partial charge in [-0.25, -0.2) is 0 Å². The van der Waals surface area contributed by atoms with E-state index in [4.69, 9.17) is 33.2 Å². The lowest BCUT2D eigenvalue weighted by Crippen LogP contribution is -2.55. The molecule has 0 heterocycles. The third-order valence-corrected chi connectivity index (χ3v) is 6.58. The highest BCUT2D eigenvalue weighted by atomic mass is 16.6. The van der Waals surface area contributed by atoms with Crippen LogP contribution in [0.15, 0.2) is 22.8 Å². The molecule has 0 bridgehead atoms. The van der Waals surface area contributed by atoms with Crippen molar-refractivity contribution in [1.82, 2.24) is 0 Å². The normalized spacial score (nSPS) is 18.0. The topological polar surface area (TPSA) is 184 Å². The van der Waals surface area contributed by atoms with Crippen LogP contribution >= 0.6 is 0 Å². The summed E-state index contributed by atoms with van der Waals surface area (Å²) in [6, 6.07) is 0. The molecule has 0 aromatic rings. The molecule has 1 rings (SSSR count). The van der Waals surface area contributed by atoms with Gasteiger partial charge < -0.3 is 33.2 Å². The first-order valence-electron chi connectivity index (χ1n) is 13.4. The molecule has 43 heavy (non-hydrogen) atoms. The summed E-state index contributed by atoms with van der Waals surface area (Å²) in [4.78, 5) is 86.2. The van der Waals surface area contributed by atoms with E-state index in [9.17, 15) is 33.6 Å². The van der Waals surface area contributed by atoms with Gasteiger partial charge in [-0.3, -0.25) is 33.6 Å². The number of esters is 7. The molecule has 0 radical (unpaired) electrons. The van der Waals surface area contributed by atoms with Crippen LogP contribution in [-0.2, 0) is 66.7 Å². The van der Waals surface area contributed by atoms with Crippen LogP contribution < -0.4 is 0 Å². The summed E-state index contributed by atoms with van der Waals surface area (Å²) in [6.45, 7) is 8.30. The molecule has 1 aliphatic carbocycles. The molecule has 0 saturated carbocycles. The molecule has 6 atom stereocenters. The molecule has 240 valence electrons. The predicted octanol–water partition coefficient (Wildman–Crippen LogP) is 1.91. The van der Waals surface area contributed by atoms with Gasteiger partial charge >= 0.3 is 41.8 Å². The Morgan fingerprint density at radius 1 is 0.744 bits per heavy atom. The Labute approximate surface area is 249 Å². The third kappa shape index (κ3) is 11.5. The second-order valence-corrected chi connectivity index (χ2v) is 9.95. The Morgan fingerprint density at radius 3 is 1.74 bits per heavy atom. The highest BCUT2D eigenvalue weighted by Gasteiger charge is 2.49. The van der Waals surface area contributed by atoms with Gasteiger partial charge in [-0.1, -0.05) is 17.2 Å². The number of methoxy groups -OCH3 is 2. The molecular weight excluding hydrogens is 572 g/mol. The summed E-state index contributed by atoms with van der Waals surface area (Å²) in [7, 11) is 2.29. The fourth-order valence-corrected chi connectivity index (χ4v) is 4.72. The molecule has 0 aromatic carbocycles. The monoisotopic (exact) mass is 612 g/mol. The summed E-state index contributed by atoms with van der Waals surface area (Å²) >= 11 is 0. The molecular formula is C29H40O14. The summed E-state index contributed by atoms with van der Waals surface area (Å²) < 4.78 is 36.9. The van der Waals surface area contributed by atoms with Gasteiger partial charge in [0.05, 0.1) is 26.6 Å². The lowest BCUT2D eigenvalue weighted by Gasteiger charge is -2.41. The van der Waals surface area contributed by atoms with Crippen LogP contribution in [0, 0.1) is 11.8 Å². The second-order valence-electron chi connectivity index (χ2n) is 9.95. The summed E-state index contributed by atoms with van der Waals surface area (Å²) in [6.07, 6.45) is -5.00. The molecule has 0 fully saturated rings. The van der Waals surface area contributed by atoms with Crippen molar-refractivity contribution >= 4 is 41.8 Å². The predicted molar refractivity (Wildman–Crippen MR) is 146 cm³/mol. The standard InChI is InChI=1S/C29H40O14/c1-14-10-21(23(29(36)38-9)12-25(35)37-8)22(11-15(14)2)26(41-18(5)32)28(43-20(7)34)27(42-19(6)33)24(40-17(4)31)13-39-16(3)30/h10,22-24,26-28H,11-13H2,1-9H3/t22-,23?,24+,26-,27-,28+/m0/s1. The van der Waals surface area contributed by atoms with Crippen molar-refractivity contribution in [2.24, 2.45) is 11.8 Å². The molecule has 0 saturated heterocycles. The van der Waals surface area contributed by atoms with E-state index in [2.05, 4.69) is 0 Å². The van der Waals surface area contributed by atoms with E-state index in [0.717, 1.165) is 60.0 Å². The van der Waals surface area contributed by atoms with E-state index in [0.29, 0.717) is 0 Å². The Kier molecular flexibility index (Phi) is 14.6. The summed E-state index contributed by atoms with van der Waals surface area (Å²) in [5.41, 5.74) is 1.84. The van der Waals surface area contributed by atoms with Gasteiger partial charge in [-0.05, 0) is 25.8 Å². The van der Waals surface area contributed by atoms with Crippen molar-refractivity contribution in [2.75, 3.05) is 20.8 Å². The van der Waals surface area contributed by atoms with E-state index < -0.39 is 91.1 Å². The lowest BCUT2D eigenvalue weighted by atomic mass is 9.73. The largest absolute Gasteiger partial charge is 0.469 e. The molecule has 0 spiro atoms. The average molecular weight is 613 g/mol. The van der Waals surface area contributed by atoms with Crippen LogP contribution in [0.2, 0.25) is 0 Å². The van der Waals surface area contributed by atoms with Gasteiger partial charge in [0.2, 0.25) is 0 Å². The van der Waals surface area contributed by atoms with Crippen molar-refractivity contribution in [3.8, 4) is 0 Å². The van der Waals surface area contributed by atoms with Gasteiger partial charge in [0.25, 0.3) is 0 Å². The first kappa shape index (κ1) is 36.8. The summed E-state index contributed by atoms with van der Waals surface area (Å²) in [5.74, 6) is -7.91. The van der Waals surface area contributed by atoms with Crippen LogP contribution in [0.3, 0.4) is 0 Å². The quantitative estimate of drug-likeness (QED) is 0.205. The van der Waals surface area contributed by atoms with Crippen LogP contribution in [0.4, 0.5) is 0 Å². The highest BCUT2D eigenvalue weighted by Crippen LogP contribution is 2.41. The molecule has 0 amide bonds. The lowest BCUT2D eigenvalue weighted by molar-refractivity contribution is -0.206. The Balaban J connectivity index is 3.99. The Hall–Kier alpha value is -4.23. The van der Waals surface area contributed by atoms with E-state index in [1.165, 1.54) is 0 Å². The van der Waals surface area contributed by atoms with Gasteiger partial charge in [-0.15, -0.1) is 0 Å². The van der Waals surface area contributed by atoms with Crippen LogP contribution in [-0.4, -0.2) is 87.0 Å². The fourth-order valence-electron chi connectivity index (χ4n) is 4.72. The minimum absolute atomic E-state index is 0.136. The maximum atomic E-state index is 13.0. The van der Waals surface area contributed by atoms with E-state index in [1.54, 1.807) is 19.9 Å². The molecule has 14 nitrogen and oxygen atoms in total. The SMILES string of the molecule is COC(=O)CC(C(=O)OC)C1=CC(C)=C(C)C[C@@H]1[C@H](OC(C)=O)[C@@H](OC(C)=O)[C@@H](OC(C)=O)[C@@H](COC(C)=O)OC(C)=O. The van der Waals surface area contributed by atoms with Gasteiger partial charge in [-0.2, -0.15) is 0 Å². The Morgan fingerprint density at radius 2 is 1.28 bits per heavy atom. The molecule has 0 N–H and O–H groups in total. The van der Waals surface area contributed by atoms with Crippen molar-refractivity contribution in [3.63, 3.8) is 0 Å². The summed E-state index contributed by atoms with van der Waals surface area (Å²) in [5, 5.41) is 0. The van der Waals surface area contributed by atoms with Crippen molar-refractivity contribution in [2.45, 2.75) is 85.7 Å². The number of carbonyl (C=O) groups is 7. The molecule has 1 unspecified atom stereocenters. The van der Waals surface area contributed by atoms with Crippen LogP contribution in [0.5, 0.6) is 0 Å². The molecule has 14 heteroatoms. The Bertz CT molecular complexity index is 1150. The number of carbonyl (C=O) groups excluding carboxylic acids is 7. The van der Waals surface area contributed by atoms with E-state index in [1.807, 2.05) is 0 Å². The van der Waals surface area contributed by atoms with E-state index in [-0.39, 0.29) is 12.0 Å². The number of ether oxygens (including phenoxy) is 7. The van der Waals surface area contributed by atoms with Gasteiger partial charge in [0, 0.05) is 40.5 Å². The smallest absolute Gasteiger partial charge is 0.313 e. The van der Waals surface area contributed by atoms with Gasteiger partial charge in [0.1, 0.15) is 12.7 Å². The third-order valence-electron chi connectivity index (χ3n) is 6.58. The minimum Gasteiger partial charge on any atom is -0.469 e. The van der Waals surface area contributed by atoms with Crippen molar-refractivity contribution < 1.29 is 66.7 Å². The molecule has 0 aliphatic heterocycles. The first-order chi connectivity index (χ1) is 20.0. The number of hydrogen-bond acceptors (Lipinski definition) is 14. The van der Waals surface area contributed by atoms with Gasteiger partial charge in [0.15, 0.2) is 18.3 Å². The maximum Gasteiger partial charge on any atom is 0.313 e.